The van der Waals surface area contributed by atoms with E-state index in [0.29, 0.717) is 12.1 Å². The zero-order chi connectivity index (χ0) is 15.6. The summed E-state index contributed by atoms with van der Waals surface area (Å²) in [6, 6.07) is 3.44. The average Bonchev–Trinajstić information content (AvgIpc) is 2.42. The number of aromatic nitrogens is 1. The van der Waals surface area contributed by atoms with Gasteiger partial charge in [-0.3, -0.25) is 9.71 Å². The molecular formula is C12H8F2N2O4S. The number of pyridine rings is 1. The van der Waals surface area contributed by atoms with Gasteiger partial charge in [0.25, 0.3) is 10.0 Å². The summed E-state index contributed by atoms with van der Waals surface area (Å²) in [6.45, 7) is 0. The highest BCUT2D eigenvalue weighted by molar-refractivity contribution is 7.92. The van der Waals surface area contributed by atoms with E-state index in [4.69, 9.17) is 5.11 Å². The lowest BCUT2D eigenvalue weighted by Crippen LogP contribution is -2.15. The van der Waals surface area contributed by atoms with Crippen LogP contribution in [0.2, 0.25) is 0 Å². The van der Waals surface area contributed by atoms with E-state index in [0.717, 1.165) is 6.20 Å². The minimum absolute atomic E-state index is 0.245. The van der Waals surface area contributed by atoms with Gasteiger partial charge in [0.05, 0.1) is 11.3 Å². The number of nitrogens with zero attached hydrogens (tertiary/aromatic N) is 1. The first kappa shape index (κ1) is 14.9. The van der Waals surface area contributed by atoms with Gasteiger partial charge in [-0.1, -0.05) is 0 Å². The summed E-state index contributed by atoms with van der Waals surface area (Å²) in [5.74, 6) is -4.18. The number of anilines is 1. The fourth-order valence-electron chi connectivity index (χ4n) is 1.50. The fourth-order valence-corrected chi connectivity index (χ4v) is 2.52. The van der Waals surface area contributed by atoms with Gasteiger partial charge in [-0.2, -0.15) is 0 Å². The van der Waals surface area contributed by atoms with Crippen LogP contribution in [0.1, 0.15) is 10.4 Å². The molecule has 0 bridgehead atoms. The van der Waals surface area contributed by atoms with E-state index in [9.17, 15) is 22.0 Å². The summed E-state index contributed by atoms with van der Waals surface area (Å²) in [5.41, 5.74) is -1.52. The molecule has 0 saturated carbocycles. The molecule has 0 atom stereocenters. The Hall–Kier alpha value is -2.55. The van der Waals surface area contributed by atoms with Crippen LogP contribution in [-0.2, 0) is 10.0 Å². The van der Waals surface area contributed by atoms with Crippen molar-refractivity contribution in [3.8, 4) is 0 Å². The molecule has 6 nitrogen and oxygen atoms in total. The second-order valence-corrected chi connectivity index (χ2v) is 5.59. The molecule has 0 aliphatic heterocycles. The molecule has 9 heteroatoms. The number of halogens is 2. The van der Waals surface area contributed by atoms with Crippen molar-refractivity contribution in [1.29, 1.82) is 0 Å². The zero-order valence-electron chi connectivity index (χ0n) is 10.2. The number of hydrogen-bond acceptors (Lipinski definition) is 4. The van der Waals surface area contributed by atoms with Crippen molar-refractivity contribution in [1.82, 2.24) is 4.98 Å². The van der Waals surface area contributed by atoms with Crippen molar-refractivity contribution in [2.45, 2.75) is 4.90 Å². The standard InChI is InChI=1S/C12H8F2N2O4S/c13-9-5-10(14)11(4-8(9)12(17)18)16-21(19,20)7-2-1-3-15-6-7/h1-6,16H,(H,17,18). The molecule has 110 valence electrons. The summed E-state index contributed by atoms with van der Waals surface area (Å²) in [4.78, 5) is 14.1. The van der Waals surface area contributed by atoms with Crippen molar-refractivity contribution in [3.05, 3.63) is 53.9 Å². The molecule has 0 aliphatic rings. The van der Waals surface area contributed by atoms with Crippen molar-refractivity contribution in [2.75, 3.05) is 4.72 Å². The number of benzene rings is 1. The maximum Gasteiger partial charge on any atom is 0.338 e. The quantitative estimate of drug-likeness (QED) is 0.898. The minimum Gasteiger partial charge on any atom is -0.478 e. The van der Waals surface area contributed by atoms with Gasteiger partial charge in [0, 0.05) is 18.5 Å². The molecule has 1 aromatic carbocycles. The molecule has 0 fully saturated rings. The third kappa shape index (κ3) is 3.14. The Kier molecular flexibility index (Phi) is 3.85. The summed E-state index contributed by atoms with van der Waals surface area (Å²) in [6.07, 6.45) is 2.38. The number of rotatable bonds is 4. The first-order valence-electron chi connectivity index (χ1n) is 5.46. The Morgan fingerprint density at radius 3 is 2.52 bits per heavy atom. The zero-order valence-corrected chi connectivity index (χ0v) is 11.1. The molecular weight excluding hydrogens is 306 g/mol. The summed E-state index contributed by atoms with van der Waals surface area (Å²) in [5, 5.41) is 8.75. The Morgan fingerprint density at radius 1 is 1.24 bits per heavy atom. The number of nitrogens with one attached hydrogen (secondary N) is 1. The Labute approximate surface area is 118 Å². The normalized spacial score (nSPS) is 11.1. The summed E-state index contributed by atoms with van der Waals surface area (Å²) >= 11 is 0. The second kappa shape index (κ2) is 5.44. The summed E-state index contributed by atoms with van der Waals surface area (Å²) < 4.78 is 52.6. The van der Waals surface area contributed by atoms with Gasteiger partial charge in [-0.15, -0.1) is 0 Å². The average molecular weight is 314 g/mol. The van der Waals surface area contributed by atoms with Crippen LogP contribution in [-0.4, -0.2) is 24.5 Å². The molecule has 21 heavy (non-hydrogen) atoms. The third-order valence-corrected chi connectivity index (χ3v) is 3.83. The van der Waals surface area contributed by atoms with Gasteiger partial charge in [0.2, 0.25) is 0 Å². The largest absolute Gasteiger partial charge is 0.478 e. The molecule has 0 amide bonds. The van der Waals surface area contributed by atoms with E-state index in [2.05, 4.69) is 4.98 Å². The van der Waals surface area contributed by atoms with Gasteiger partial charge < -0.3 is 5.11 Å². The number of carboxylic acids is 1. The van der Waals surface area contributed by atoms with Crippen LogP contribution in [0, 0.1) is 11.6 Å². The van der Waals surface area contributed by atoms with E-state index in [-0.39, 0.29) is 4.90 Å². The lowest BCUT2D eigenvalue weighted by molar-refractivity contribution is 0.0692. The molecule has 1 aromatic heterocycles. The van der Waals surface area contributed by atoms with E-state index < -0.39 is 38.9 Å². The highest BCUT2D eigenvalue weighted by Gasteiger charge is 2.20. The fraction of sp³-hybridized carbons (Fsp3) is 0. The molecule has 2 aromatic rings. The van der Waals surface area contributed by atoms with E-state index in [1.807, 2.05) is 4.72 Å². The molecule has 0 aliphatic carbocycles. The predicted octanol–water partition coefficient (Wildman–Crippen LogP) is 1.86. The van der Waals surface area contributed by atoms with Crippen LogP contribution in [0.15, 0.2) is 41.6 Å². The molecule has 0 unspecified atom stereocenters. The van der Waals surface area contributed by atoms with Crippen LogP contribution < -0.4 is 4.72 Å². The van der Waals surface area contributed by atoms with Gasteiger partial charge in [0.1, 0.15) is 16.5 Å². The maximum atomic E-state index is 13.6. The smallest absolute Gasteiger partial charge is 0.338 e. The van der Waals surface area contributed by atoms with Crippen molar-refractivity contribution < 1.29 is 27.1 Å². The molecule has 0 radical (unpaired) electrons. The molecule has 1 heterocycles. The first-order valence-corrected chi connectivity index (χ1v) is 6.95. The van der Waals surface area contributed by atoms with Gasteiger partial charge in [-0.25, -0.2) is 22.0 Å². The number of aromatic carboxylic acids is 1. The lowest BCUT2D eigenvalue weighted by atomic mass is 10.2. The van der Waals surface area contributed by atoms with Crippen LogP contribution in [0.4, 0.5) is 14.5 Å². The predicted molar refractivity (Wildman–Crippen MR) is 68.4 cm³/mol. The number of carbonyl (C=O) groups is 1. The third-order valence-electron chi connectivity index (χ3n) is 2.48. The molecule has 2 N–H and O–H groups in total. The van der Waals surface area contributed by atoms with Gasteiger partial charge >= 0.3 is 5.97 Å². The highest BCUT2D eigenvalue weighted by Crippen LogP contribution is 2.22. The Balaban J connectivity index is 2.45. The van der Waals surface area contributed by atoms with Crippen molar-refractivity contribution >= 4 is 21.7 Å². The van der Waals surface area contributed by atoms with E-state index in [1.54, 1.807) is 0 Å². The van der Waals surface area contributed by atoms with Gasteiger partial charge in [0.15, 0.2) is 0 Å². The van der Waals surface area contributed by atoms with E-state index >= 15 is 0 Å². The van der Waals surface area contributed by atoms with Crippen LogP contribution in [0.3, 0.4) is 0 Å². The second-order valence-electron chi connectivity index (χ2n) is 3.91. The monoisotopic (exact) mass is 314 g/mol. The number of hydrogen-bond donors (Lipinski definition) is 2. The van der Waals surface area contributed by atoms with E-state index in [1.165, 1.54) is 18.3 Å². The van der Waals surface area contributed by atoms with Crippen LogP contribution in [0.25, 0.3) is 0 Å². The van der Waals surface area contributed by atoms with Gasteiger partial charge in [-0.05, 0) is 18.2 Å². The minimum atomic E-state index is -4.16. The molecule has 0 spiro atoms. The van der Waals surface area contributed by atoms with Crippen molar-refractivity contribution in [3.63, 3.8) is 0 Å². The molecule has 2 rings (SSSR count). The maximum absolute atomic E-state index is 13.6. The Bertz CT molecular complexity index is 794. The topological polar surface area (TPSA) is 96.4 Å². The first-order chi connectivity index (χ1) is 9.81. The number of carboxylic acid groups (broad SMARTS) is 1. The van der Waals surface area contributed by atoms with Crippen molar-refractivity contribution in [2.24, 2.45) is 0 Å². The summed E-state index contributed by atoms with van der Waals surface area (Å²) in [7, 11) is -4.16. The SMILES string of the molecule is O=C(O)c1cc(NS(=O)(=O)c2cccnc2)c(F)cc1F. The highest BCUT2D eigenvalue weighted by atomic mass is 32.2. The van der Waals surface area contributed by atoms with Crippen LogP contribution in [0.5, 0.6) is 0 Å². The Morgan fingerprint density at radius 2 is 1.95 bits per heavy atom. The lowest BCUT2D eigenvalue weighted by Gasteiger charge is -2.10. The number of sulfonamides is 1. The molecule has 0 saturated heterocycles. The van der Waals surface area contributed by atoms with Crippen LogP contribution >= 0.6 is 0 Å².